The average molecular weight is 253 g/mol. The van der Waals surface area contributed by atoms with Gasteiger partial charge in [-0.15, -0.1) is 0 Å². The average Bonchev–Trinajstić information content (AvgIpc) is 2.64. The topological polar surface area (TPSA) is 35.3 Å². The first-order chi connectivity index (χ1) is 8.63. The van der Waals surface area contributed by atoms with Crippen LogP contribution in [-0.2, 0) is 0 Å². The molecule has 0 N–H and O–H groups in total. The number of rotatable bonds is 2. The van der Waals surface area contributed by atoms with Gasteiger partial charge in [-0.25, -0.2) is 9.37 Å². The van der Waals surface area contributed by atoms with E-state index >= 15 is 0 Å². The molecule has 3 aromatic rings. The summed E-state index contributed by atoms with van der Waals surface area (Å²) >= 11 is 0. The van der Waals surface area contributed by atoms with Crippen molar-refractivity contribution in [3.63, 3.8) is 0 Å². The molecule has 0 amide bonds. The van der Waals surface area contributed by atoms with E-state index in [1.807, 2.05) is 0 Å². The Morgan fingerprint density at radius 3 is 2.78 bits per heavy atom. The van der Waals surface area contributed by atoms with Crippen molar-refractivity contribution in [2.24, 2.45) is 0 Å². The van der Waals surface area contributed by atoms with E-state index in [0.29, 0.717) is 16.5 Å². The van der Waals surface area contributed by atoms with E-state index in [2.05, 4.69) is 9.72 Å². The lowest BCUT2D eigenvalue weighted by molar-refractivity contribution is -0.0497. The highest BCUT2D eigenvalue weighted by atomic mass is 19.3. The molecule has 0 atom stereocenters. The molecule has 0 radical (unpaired) electrons. The van der Waals surface area contributed by atoms with Crippen molar-refractivity contribution < 1.29 is 22.3 Å². The molecule has 0 aliphatic rings. The summed E-state index contributed by atoms with van der Waals surface area (Å²) in [5.74, 6) is -0.539. The maximum atomic E-state index is 13.0. The van der Waals surface area contributed by atoms with E-state index in [1.54, 1.807) is 6.07 Å². The Hall–Kier alpha value is -2.24. The summed E-state index contributed by atoms with van der Waals surface area (Å²) in [6.07, 6.45) is 1.07. The SMILES string of the molecule is Fc1cnc2c(c1)oc1cc(OC(F)F)ccc12. The Labute approximate surface area is 98.8 Å². The van der Waals surface area contributed by atoms with Crippen molar-refractivity contribution in [2.45, 2.75) is 6.61 Å². The molecule has 0 saturated heterocycles. The first-order valence-corrected chi connectivity index (χ1v) is 5.06. The minimum absolute atomic E-state index is 0.0166. The molecule has 0 unspecified atom stereocenters. The number of pyridine rings is 1. The fourth-order valence-electron chi connectivity index (χ4n) is 1.78. The highest BCUT2D eigenvalue weighted by Crippen LogP contribution is 2.30. The van der Waals surface area contributed by atoms with Gasteiger partial charge in [-0.05, 0) is 12.1 Å². The molecule has 18 heavy (non-hydrogen) atoms. The molecule has 0 bridgehead atoms. The molecule has 92 valence electrons. The third-order valence-corrected chi connectivity index (χ3v) is 2.47. The monoisotopic (exact) mass is 253 g/mol. The van der Waals surface area contributed by atoms with Crippen molar-refractivity contribution in [1.82, 2.24) is 4.98 Å². The summed E-state index contributed by atoms with van der Waals surface area (Å²) in [6, 6.07) is 5.44. The largest absolute Gasteiger partial charge is 0.454 e. The van der Waals surface area contributed by atoms with Crippen molar-refractivity contribution in [2.75, 3.05) is 0 Å². The van der Waals surface area contributed by atoms with E-state index in [0.717, 1.165) is 6.20 Å². The van der Waals surface area contributed by atoms with Crippen LogP contribution in [-0.4, -0.2) is 11.6 Å². The minimum Gasteiger partial charge on any atom is -0.454 e. The summed E-state index contributed by atoms with van der Waals surface area (Å²) < 4.78 is 46.7. The zero-order chi connectivity index (χ0) is 12.7. The van der Waals surface area contributed by atoms with Crippen molar-refractivity contribution in [1.29, 1.82) is 0 Å². The number of furan rings is 1. The molecular formula is C12H6F3NO2. The van der Waals surface area contributed by atoms with Crippen LogP contribution in [0.2, 0.25) is 0 Å². The molecular weight excluding hydrogens is 247 g/mol. The number of ether oxygens (including phenoxy) is 1. The summed E-state index contributed by atoms with van der Waals surface area (Å²) in [4.78, 5) is 3.90. The highest BCUT2D eigenvalue weighted by molar-refractivity contribution is 6.02. The van der Waals surface area contributed by atoms with Gasteiger partial charge in [-0.2, -0.15) is 8.78 Å². The maximum Gasteiger partial charge on any atom is 0.387 e. The zero-order valence-corrected chi connectivity index (χ0v) is 8.86. The molecule has 3 nitrogen and oxygen atoms in total. The Morgan fingerprint density at radius 1 is 1.17 bits per heavy atom. The predicted molar refractivity (Wildman–Crippen MR) is 58.1 cm³/mol. The first kappa shape index (κ1) is 10.9. The number of nitrogens with zero attached hydrogens (tertiary/aromatic N) is 1. The first-order valence-electron chi connectivity index (χ1n) is 5.06. The van der Waals surface area contributed by atoms with Crippen LogP contribution in [0.1, 0.15) is 0 Å². The Kier molecular flexibility index (Phi) is 2.36. The van der Waals surface area contributed by atoms with Gasteiger partial charge in [-0.1, -0.05) is 0 Å². The van der Waals surface area contributed by atoms with Crippen LogP contribution in [0.4, 0.5) is 13.2 Å². The predicted octanol–water partition coefficient (Wildman–Crippen LogP) is 3.72. The molecule has 0 aliphatic heterocycles. The summed E-state index contributed by atoms with van der Waals surface area (Å²) in [7, 11) is 0. The second-order valence-corrected chi connectivity index (χ2v) is 3.64. The standard InChI is InChI=1S/C12H6F3NO2/c13-6-3-10-11(16-5-6)8-2-1-7(17-12(14)15)4-9(8)18-10/h1-5,12H. The number of alkyl halides is 2. The Bertz CT molecular complexity index is 724. The van der Waals surface area contributed by atoms with Crippen LogP contribution >= 0.6 is 0 Å². The van der Waals surface area contributed by atoms with Crippen LogP contribution in [0.3, 0.4) is 0 Å². The van der Waals surface area contributed by atoms with E-state index in [9.17, 15) is 13.2 Å². The minimum atomic E-state index is -2.90. The highest BCUT2D eigenvalue weighted by Gasteiger charge is 2.11. The summed E-state index contributed by atoms with van der Waals surface area (Å²) in [5, 5.41) is 0.617. The number of fused-ring (bicyclic) bond motifs is 3. The summed E-state index contributed by atoms with van der Waals surface area (Å²) in [5.41, 5.74) is 1.07. The lowest BCUT2D eigenvalue weighted by atomic mass is 10.2. The van der Waals surface area contributed by atoms with Crippen LogP contribution in [0.25, 0.3) is 22.1 Å². The van der Waals surface area contributed by atoms with Crippen LogP contribution in [0, 0.1) is 5.82 Å². The van der Waals surface area contributed by atoms with Crippen molar-refractivity contribution in [3.8, 4) is 5.75 Å². The van der Waals surface area contributed by atoms with Gasteiger partial charge in [0.1, 0.15) is 22.7 Å². The van der Waals surface area contributed by atoms with Crippen LogP contribution in [0.15, 0.2) is 34.9 Å². The van der Waals surface area contributed by atoms with E-state index < -0.39 is 12.4 Å². The Morgan fingerprint density at radius 2 is 2.00 bits per heavy atom. The molecule has 1 aromatic carbocycles. The molecule has 6 heteroatoms. The van der Waals surface area contributed by atoms with Gasteiger partial charge >= 0.3 is 6.61 Å². The lowest BCUT2D eigenvalue weighted by Crippen LogP contribution is -2.01. The van der Waals surface area contributed by atoms with E-state index in [-0.39, 0.29) is 11.3 Å². The molecule has 2 aromatic heterocycles. The van der Waals surface area contributed by atoms with Gasteiger partial charge in [0.15, 0.2) is 5.58 Å². The van der Waals surface area contributed by atoms with Gasteiger partial charge in [0.05, 0.1) is 6.20 Å². The third kappa shape index (κ3) is 1.75. The normalized spacial score (nSPS) is 11.6. The fraction of sp³-hybridized carbons (Fsp3) is 0.0833. The molecule has 2 heterocycles. The number of aromatic nitrogens is 1. The lowest BCUT2D eigenvalue weighted by Gasteiger charge is -2.02. The summed E-state index contributed by atoms with van der Waals surface area (Å²) in [6.45, 7) is -2.90. The molecule has 3 rings (SSSR count). The maximum absolute atomic E-state index is 13.0. The van der Waals surface area contributed by atoms with Crippen LogP contribution < -0.4 is 4.74 Å². The smallest absolute Gasteiger partial charge is 0.387 e. The third-order valence-electron chi connectivity index (χ3n) is 2.47. The quantitative estimate of drug-likeness (QED) is 0.698. The molecule has 0 aliphatic carbocycles. The second kappa shape index (κ2) is 3.90. The van der Waals surface area contributed by atoms with Gasteiger partial charge in [0.25, 0.3) is 0 Å². The van der Waals surface area contributed by atoms with Crippen molar-refractivity contribution >= 4 is 22.1 Å². The fourth-order valence-corrected chi connectivity index (χ4v) is 1.78. The van der Waals surface area contributed by atoms with E-state index in [1.165, 1.54) is 18.2 Å². The molecule has 0 fully saturated rings. The van der Waals surface area contributed by atoms with Gasteiger partial charge < -0.3 is 9.15 Å². The second-order valence-electron chi connectivity index (χ2n) is 3.64. The molecule has 0 saturated carbocycles. The number of halogens is 3. The van der Waals surface area contributed by atoms with E-state index in [4.69, 9.17) is 4.42 Å². The van der Waals surface area contributed by atoms with Gasteiger partial charge in [0, 0.05) is 17.5 Å². The number of hydrogen-bond donors (Lipinski definition) is 0. The van der Waals surface area contributed by atoms with Gasteiger partial charge in [0.2, 0.25) is 0 Å². The number of hydrogen-bond acceptors (Lipinski definition) is 3. The van der Waals surface area contributed by atoms with Gasteiger partial charge in [-0.3, -0.25) is 0 Å². The Balaban J connectivity index is 2.20. The zero-order valence-electron chi connectivity index (χ0n) is 8.86. The van der Waals surface area contributed by atoms with Crippen LogP contribution in [0.5, 0.6) is 5.75 Å². The number of benzene rings is 1. The molecule has 0 spiro atoms. The van der Waals surface area contributed by atoms with Crippen molar-refractivity contribution in [3.05, 3.63) is 36.3 Å².